The lowest BCUT2D eigenvalue weighted by Crippen LogP contribution is -2.37. The van der Waals surface area contributed by atoms with Gasteiger partial charge in [-0.3, -0.25) is 0 Å². The Morgan fingerprint density at radius 1 is 0.467 bits per heavy atom. The molecule has 4 aromatic rings. The molecule has 0 saturated heterocycles. The molecule has 0 nitrogen and oxygen atoms in total. The summed E-state index contributed by atoms with van der Waals surface area (Å²) in [4.78, 5) is 0. The first-order valence-corrected chi connectivity index (χ1v) is 10.5. The van der Waals surface area contributed by atoms with Crippen LogP contribution in [0.3, 0.4) is 0 Å². The van der Waals surface area contributed by atoms with E-state index in [1.807, 2.05) is 0 Å². The van der Waals surface area contributed by atoms with E-state index in [0.717, 1.165) is 0 Å². The molecule has 30 heavy (non-hydrogen) atoms. The maximum absolute atomic E-state index is 2.37. The van der Waals surface area contributed by atoms with E-state index in [0.29, 0.717) is 0 Å². The predicted octanol–water partition coefficient (Wildman–Crippen LogP) is 7.29. The first-order valence-electron chi connectivity index (χ1n) is 10.5. The fourth-order valence-corrected chi connectivity index (χ4v) is 4.90. The maximum atomic E-state index is 2.37. The van der Waals surface area contributed by atoms with Crippen molar-refractivity contribution in [3.63, 3.8) is 0 Å². The third-order valence-electron chi connectivity index (χ3n) is 6.18. The number of allylic oxidation sites excluding steroid dienone is 4. The summed E-state index contributed by atoms with van der Waals surface area (Å²) in [7, 11) is 0. The minimum absolute atomic E-state index is 0.187. The van der Waals surface area contributed by atoms with Gasteiger partial charge in [-0.25, -0.2) is 0 Å². The van der Waals surface area contributed by atoms with Crippen LogP contribution in [-0.2, 0) is 5.41 Å². The molecule has 0 fully saturated rings. The second-order valence-corrected chi connectivity index (χ2v) is 7.76. The molecule has 1 atom stereocenters. The summed E-state index contributed by atoms with van der Waals surface area (Å²) in [6, 6.07) is 43.6. The summed E-state index contributed by atoms with van der Waals surface area (Å²) in [5.41, 5.74) is 6.23. The molecule has 1 unspecified atom stereocenters. The highest BCUT2D eigenvalue weighted by Gasteiger charge is 2.45. The van der Waals surface area contributed by atoms with Crippen LogP contribution in [0, 0.1) is 5.92 Å². The van der Waals surface area contributed by atoms with Gasteiger partial charge in [0, 0.05) is 5.92 Å². The third kappa shape index (κ3) is 3.02. The Labute approximate surface area is 178 Å². The summed E-state index contributed by atoms with van der Waals surface area (Å²) in [6.45, 7) is 0. The lowest BCUT2D eigenvalue weighted by Gasteiger charge is -2.42. The van der Waals surface area contributed by atoms with Crippen LogP contribution in [-0.4, -0.2) is 0 Å². The zero-order valence-corrected chi connectivity index (χ0v) is 16.9. The summed E-state index contributed by atoms with van der Waals surface area (Å²) in [6.07, 6.45) is 6.87. The molecule has 0 amide bonds. The number of benzene rings is 4. The highest BCUT2D eigenvalue weighted by Crippen LogP contribution is 2.52. The van der Waals surface area contributed by atoms with Gasteiger partial charge in [0.2, 0.25) is 0 Å². The van der Waals surface area contributed by atoms with E-state index in [2.05, 4.69) is 140 Å². The lowest BCUT2D eigenvalue weighted by molar-refractivity contribution is 0.539. The van der Waals surface area contributed by atoms with Crippen molar-refractivity contribution in [2.45, 2.75) is 5.41 Å². The molecule has 5 rings (SSSR count). The van der Waals surface area contributed by atoms with Gasteiger partial charge >= 0.3 is 0 Å². The normalized spacial score (nSPS) is 15.7. The Kier molecular flexibility index (Phi) is 4.91. The summed E-state index contributed by atoms with van der Waals surface area (Å²) in [5.74, 6) is 0.187. The minimum atomic E-state index is -0.321. The van der Waals surface area contributed by atoms with E-state index in [9.17, 15) is 0 Å². The molecule has 0 bridgehead atoms. The number of rotatable bonds is 5. The molecule has 0 saturated carbocycles. The molecule has 0 N–H and O–H groups in total. The van der Waals surface area contributed by atoms with Crippen LogP contribution in [0.4, 0.5) is 0 Å². The second-order valence-electron chi connectivity index (χ2n) is 7.76. The molecule has 0 aliphatic heterocycles. The van der Waals surface area contributed by atoms with Crippen molar-refractivity contribution < 1.29 is 0 Å². The van der Waals surface area contributed by atoms with Gasteiger partial charge in [-0.05, 0) is 27.8 Å². The van der Waals surface area contributed by atoms with Crippen molar-refractivity contribution >= 4 is 5.57 Å². The topological polar surface area (TPSA) is 0 Å². The van der Waals surface area contributed by atoms with Crippen molar-refractivity contribution in [3.8, 4) is 0 Å². The van der Waals surface area contributed by atoms with Crippen LogP contribution in [0.15, 0.2) is 140 Å². The van der Waals surface area contributed by atoms with Gasteiger partial charge in [-0.15, -0.1) is 0 Å². The van der Waals surface area contributed by atoms with Gasteiger partial charge in [0.1, 0.15) is 0 Å². The predicted molar refractivity (Wildman–Crippen MR) is 126 cm³/mol. The van der Waals surface area contributed by atoms with Crippen LogP contribution >= 0.6 is 0 Å². The van der Waals surface area contributed by atoms with Gasteiger partial charge in [-0.1, -0.05) is 140 Å². The molecule has 0 aromatic heterocycles. The molecular weight excluding hydrogens is 360 g/mol. The zero-order valence-electron chi connectivity index (χ0n) is 16.9. The van der Waals surface area contributed by atoms with Gasteiger partial charge < -0.3 is 0 Å². The Balaban J connectivity index is 1.83. The Morgan fingerprint density at radius 2 is 0.867 bits per heavy atom. The second kappa shape index (κ2) is 8.00. The van der Waals surface area contributed by atoms with Crippen LogP contribution in [0.2, 0.25) is 0 Å². The van der Waals surface area contributed by atoms with E-state index in [1.165, 1.54) is 27.8 Å². The average Bonchev–Trinajstić information content (AvgIpc) is 3.33. The molecule has 1 aliphatic carbocycles. The van der Waals surface area contributed by atoms with Crippen molar-refractivity contribution in [1.29, 1.82) is 0 Å². The Morgan fingerprint density at radius 3 is 1.30 bits per heavy atom. The lowest BCUT2D eigenvalue weighted by atomic mass is 9.60. The molecular formula is C30H24. The fourth-order valence-electron chi connectivity index (χ4n) is 4.90. The summed E-state index contributed by atoms with van der Waals surface area (Å²) < 4.78 is 0. The smallest absolute Gasteiger partial charge is 0.0554 e. The highest BCUT2D eigenvalue weighted by molar-refractivity contribution is 5.77. The molecule has 0 heterocycles. The standard InChI is InChI=1S/C30H24/c1-5-14-24(15-6-1)28-22-13-23-29(28)30(25-16-7-2-8-17-25,26-18-9-3-10-19-26)27-20-11-4-12-21-27/h1-23,29H. The molecule has 0 radical (unpaired) electrons. The summed E-state index contributed by atoms with van der Waals surface area (Å²) in [5, 5.41) is 0. The molecule has 144 valence electrons. The fraction of sp³-hybridized carbons (Fsp3) is 0.0667. The molecule has 4 aromatic carbocycles. The molecule has 0 heteroatoms. The zero-order chi connectivity index (χ0) is 20.2. The quantitative estimate of drug-likeness (QED) is 0.317. The van der Waals surface area contributed by atoms with Crippen LogP contribution in [0.25, 0.3) is 5.57 Å². The van der Waals surface area contributed by atoms with Gasteiger partial charge in [0.25, 0.3) is 0 Å². The first kappa shape index (κ1) is 18.4. The Hall–Kier alpha value is -3.64. The van der Waals surface area contributed by atoms with Crippen LogP contribution in [0.5, 0.6) is 0 Å². The number of hydrogen-bond acceptors (Lipinski definition) is 0. The van der Waals surface area contributed by atoms with Crippen LogP contribution in [0.1, 0.15) is 22.3 Å². The van der Waals surface area contributed by atoms with E-state index in [1.54, 1.807) is 0 Å². The van der Waals surface area contributed by atoms with E-state index in [-0.39, 0.29) is 11.3 Å². The monoisotopic (exact) mass is 384 g/mol. The number of hydrogen-bond donors (Lipinski definition) is 0. The minimum Gasteiger partial charge on any atom is -0.0754 e. The molecule has 1 aliphatic rings. The summed E-state index contributed by atoms with van der Waals surface area (Å²) >= 11 is 0. The van der Waals surface area contributed by atoms with Gasteiger partial charge in [0.15, 0.2) is 0 Å². The maximum Gasteiger partial charge on any atom is 0.0554 e. The van der Waals surface area contributed by atoms with Crippen molar-refractivity contribution in [2.24, 2.45) is 5.92 Å². The SMILES string of the molecule is C1=CC(C(c2ccccc2)(c2ccccc2)c2ccccc2)C(c2ccccc2)=C1. The van der Waals surface area contributed by atoms with Gasteiger partial charge in [-0.2, -0.15) is 0 Å². The van der Waals surface area contributed by atoms with E-state index >= 15 is 0 Å². The van der Waals surface area contributed by atoms with Gasteiger partial charge in [0.05, 0.1) is 5.41 Å². The average molecular weight is 385 g/mol. The van der Waals surface area contributed by atoms with E-state index < -0.39 is 0 Å². The first-order chi connectivity index (χ1) is 14.9. The van der Waals surface area contributed by atoms with E-state index in [4.69, 9.17) is 0 Å². The highest BCUT2D eigenvalue weighted by atomic mass is 14.5. The Bertz CT molecular complexity index is 1060. The van der Waals surface area contributed by atoms with Crippen molar-refractivity contribution in [1.82, 2.24) is 0 Å². The largest absolute Gasteiger partial charge is 0.0754 e. The van der Waals surface area contributed by atoms with Crippen LogP contribution < -0.4 is 0 Å². The van der Waals surface area contributed by atoms with Crippen molar-refractivity contribution in [3.05, 3.63) is 162 Å². The third-order valence-corrected chi connectivity index (χ3v) is 6.18. The van der Waals surface area contributed by atoms with Crippen molar-refractivity contribution in [2.75, 3.05) is 0 Å². The molecule has 0 spiro atoms.